The van der Waals surface area contributed by atoms with Crippen LogP contribution in [0.4, 0.5) is 17.6 Å². The average Bonchev–Trinajstić information content (AvgIpc) is 2.83. The Labute approximate surface area is 162 Å². The maximum atomic E-state index is 13.1. The fourth-order valence-corrected chi connectivity index (χ4v) is 3.89. The fourth-order valence-electron chi connectivity index (χ4n) is 2.83. The van der Waals surface area contributed by atoms with Crippen LogP contribution in [0.2, 0.25) is 0 Å². The molecule has 1 aromatic carbocycles. The number of pyridine rings is 1. The van der Waals surface area contributed by atoms with E-state index >= 15 is 0 Å². The van der Waals surface area contributed by atoms with Crippen LogP contribution in [0.25, 0.3) is 0 Å². The van der Waals surface area contributed by atoms with Crippen LogP contribution in [-0.4, -0.2) is 33.5 Å². The van der Waals surface area contributed by atoms with Crippen molar-refractivity contribution >= 4 is 23.6 Å². The van der Waals surface area contributed by atoms with Crippen LogP contribution < -0.4 is 0 Å². The van der Waals surface area contributed by atoms with E-state index in [1.165, 1.54) is 18.2 Å². The smallest absolute Gasteiger partial charge is 0.278 e. The Kier molecular flexibility index (Phi) is 6.02. The number of rotatable bonds is 3. The molecule has 1 fully saturated rings. The lowest BCUT2D eigenvalue weighted by atomic mass is 10.2. The third kappa shape index (κ3) is 4.70. The van der Waals surface area contributed by atoms with E-state index in [0.29, 0.717) is 19.3 Å². The first-order valence-electron chi connectivity index (χ1n) is 8.57. The molecule has 1 saturated heterocycles. The van der Waals surface area contributed by atoms with Crippen molar-refractivity contribution in [1.29, 1.82) is 0 Å². The molecule has 2 heterocycles. The number of alkyl halides is 3. The van der Waals surface area contributed by atoms with Gasteiger partial charge < -0.3 is 0 Å². The molecule has 0 radical (unpaired) electrons. The largest absolute Gasteiger partial charge is 0.417 e. The number of thioether (sulfide) groups is 1. The predicted octanol–water partition coefficient (Wildman–Crippen LogP) is 4.55. The molecule has 0 N–H and O–H groups in total. The molecule has 4 nitrogen and oxygen atoms in total. The summed E-state index contributed by atoms with van der Waals surface area (Å²) >= 11 is 1.04. The zero-order valence-corrected chi connectivity index (χ0v) is 15.4. The molecule has 2 amide bonds. The Bertz CT molecular complexity index is 854. The number of benzene rings is 1. The summed E-state index contributed by atoms with van der Waals surface area (Å²) in [6, 6.07) is 7.06. The van der Waals surface area contributed by atoms with Crippen LogP contribution in [0.15, 0.2) is 47.6 Å². The molecule has 0 bridgehead atoms. The molecule has 148 valence electrons. The van der Waals surface area contributed by atoms with Crippen molar-refractivity contribution in [2.45, 2.75) is 35.7 Å². The number of hydrogen-bond donors (Lipinski definition) is 0. The van der Waals surface area contributed by atoms with Gasteiger partial charge in [0, 0.05) is 18.3 Å². The fraction of sp³-hybridized carbons (Fsp3) is 0.316. The molecule has 28 heavy (non-hydrogen) atoms. The summed E-state index contributed by atoms with van der Waals surface area (Å²) in [5.74, 6) is -1.42. The van der Waals surface area contributed by atoms with Crippen molar-refractivity contribution in [3.8, 4) is 0 Å². The molecule has 0 aliphatic carbocycles. The summed E-state index contributed by atoms with van der Waals surface area (Å²) in [5, 5.41) is -0.349. The van der Waals surface area contributed by atoms with Crippen molar-refractivity contribution in [1.82, 2.24) is 9.88 Å². The highest BCUT2D eigenvalue weighted by Gasteiger charge is 2.33. The minimum Gasteiger partial charge on any atom is -0.278 e. The Balaban J connectivity index is 1.75. The monoisotopic (exact) mass is 412 g/mol. The second kappa shape index (κ2) is 8.30. The molecule has 1 aliphatic heterocycles. The van der Waals surface area contributed by atoms with E-state index in [1.54, 1.807) is 0 Å². The van der Waals surface area contributed by atoms with E-state index in [0.717, 1.165) is 41.1 Å². The molecule has 1 aromatic heterocycles. The van der Waals surface area contributed by atoms with Crippen LogP contribution in [0, 0.1) is 5.82 Å². The van der Waals surface area contributed by atoms with E-state index in [-0.39, 0.29) is 17.1 Å². The van der Waals surface area contributed by atoms with E-state index in [2.05, 4.69) is 4.98 Å². The zero-order chi connectivity index (χ0) is 20.3. The first-order valence-corrected chi connectivity index (χ1v) is 9.45. The van der Waals surface area contributed by atoms with Gasteiger partial charge in [0.15, 0.2) is 0 Å². The van der Waals surface area contributed by atoms with Crippen molar-refractivity contribution in [3.05, 3.63) is 59.5 Å². The summed E-state index contributed by atoms with van der Waals surface area (Å²) in [7, 11) is 0. The lowest BCUT2D eigenvalue weighted by Crippen LogP contribution is -2.41. The average molecular weight is 412 g/mol. The van der Waals surface area contributed by atoms with Gasteiger partial charge in [-0.15, -0.1) is 0 Å². The van der Waals surface area contributed by atoms with Gasteiger partial charge >= 0.3 is 6.18 Å². The third-order valence-corrected chi connectivity index (χ3v) is 5.51. The normalized spacial score (nSPS) is 18.1. The van der Waals surface area contributed by atoms with Gasteiger partial charge in [-0.25, -0.2) is 9.37 Å². The van der Waals surface area contributed by atoms with Crippen LogP contribution >= 0.6 is 11.8 Å². The van der Waals surface area contributed by atoms with Crippen molar-refractivity contribution in [2.24, 2.45) is 0 Å². The van der Waals surface area contributed by atoms with Gasteiger partial charge in [-0.05, 0) is 49.2 Å². The molecule has 1 atom stereocenters. The highest BCUT2D eigenvalue weighted by molar-refractivity contribution is 8.00. The standard InChI is InChI=1S/C19H16F4N2O2S/c20-14-7-4-12(5-8-14)17(26)25-10-2-1-3-15(18(25)27)28-16-9-6-13(11-24-16)19(21,22)23/h4-9,11,15H,1-3,10H2/t15-/m0/s1. The summed E-state index contributed by atoms with van der Waals surface area (Å²) in [5.41, 5.74) is -0.662. The summed E-state index contributed by atoms with van der Waals surface area (Å²) < 4.78 is 51.0. The number of carbonyl (C=O) groups is 2. The number of aromatic nitrogens is 1. The van der Waals surface area contributed by atoms with Gasteiger partial charge in [-0.2, -0.15) is 13.2 Å². The number of carbonyl (C=O) groups excluding carboxylic acids is 2. The van der Waals surface area contributed by atoms with Crippen LogP contribution in [0.3, 0.4) is 0 Å². The second-order valence-corrected chi connectivity index (χ2v) is 7.51. The Morgan fingerprint density at radius 3 is 2.43 bits per heavy atom. The third-order valence-electron chi connectivity index (χ3n) is 4.30. The molecule has 1 aliphatic rings. The quantitative estimate of drug-likeness (QED) is 0.548. The SMILES string of the molecule is O=C(c1ccc(F)cc1)N1CCCC[C@H](Sc2ccc(C(F)(F)F)cn2)C1=O. The van der Waals surface area contributed by atoms with Gasteiger partial charge in [0.25, 0.3) is 5.91 Å². The Morgan fingerprint density at radius 2 is 1.82 bits per heavy atom. The molecule has 0 spiro atoms. The number of likely N-dealkylation sites (tertiary alicyclic amines) is 1. The topological polar surface area (TPSA) is 50.3 Å². The van der Waals surface area contributed by atoms with Gasteiger partial charge in [-0.1, -0.05) is 18.2 Å². The molecule has 0 unspecified atom stereocenters. The molecule has 2 aromatic rings. The van der Waals surface area contributed by atoms with Gasteiger partial charge in [0.05, 0.1) is 15.8 Å². The summed E-state index contributed by atoms with van der Waals surface area (Å²) in [4.78, 5) is 30.4. The molecule has 3 rings (SSSR count). The summed E-state index contributed by atoms with van der Waals surface area (Å²) in [6.45, 7) is 0.243. The number of hydrogen-bond acceptors (Lipinski definition) is 4. The number of halogens is 4. The highest BCUT2D eigenvalue weighted by atomic mass is 32.2. The maximum Gasteiger partial charge on any atom is 0.417 e. The van der Waals surface area contributed by atoms with E-state index < -0.39 is 34.6 Å². The van der Waals surface area contributed by atoms with E-state index in [4.69, 9.17) is 0 Å². The number of nitrogens with zero attached hydrogens (tertiary/aromatic N) is 2. The first-order chi connectivity index (χ1) is 13.3. The van der Waals surface area contributed by atoms with Crippen LogP contribution in [-0.2, 0) is 11.0 Å². The lowest BCUT2D eigenvalue weighted by Gasteiger charge is -2.22. The van der Waals surface area contributed by atoms with E-state index in [9.17, 15) is 27.2 Å². The Morgan fingerprint density at radius 1 is 1.11 bits per heavy atom. The minimum atomic E-state index is -4.48. The Hall–Kier alpha value is -2.42. The first kappa shape index (κ1) is 20.3. The maximum absolute atomic E-state index is 13.1. The molecular weight excluding hydrogens is 396 g/mol. The van der Waals surface area contributed by atoms with E-state index in [1.807, 2.05) is 0 Å². The molecule has 0 saturated carbocycles. The van der Waals surface area contributed by atoms with Gasteiger partial charge in [-0.3, -0.25) is 14.5 Å². The van der Waals surface area contributed by atoms with Crippen molar-refractivity contribution in [3.63, 3.8) is 0 Å². The molecular formula is C19H16F4N2O2S. The second-order valence-electron chi connectivity index (χ2n) is 6.29. The van der Waals surface area contributed by atoms with Crippen molar-refractivity contribution < 1.29 is 27.2 Å². The van der Waals surface area contributed by atoms with Gasteiger partial charge in [0.1, 0.15) is 5.82 Å². The number of imide groups is 1. The van der Waals surface area contributed by atoms with Crippen LogP contribution in [0.5, 0.6) is 0 Å². The molecule has 9 heteroatoms. The minimum absolute atomic E-state index is 0.202. The van der Waals surface area contributed by atoms with Crippen LogP contribution in [0.1, 0.15) is 35.2 Å². The lowest BCUT2D eigenvalue weighted by molar-refractivity contribution is -0.138. The summed E-state index contributed by atoms with van der Waals surface area (Å²) in [6.07, 6.45) is -1.95. The highest BCUT2D eigenvalue weighted by Crippen LogP contribution is 2.32. The number of amides is 2. The predicted molar refractivity (Wildman–Crippen MR) is 95.2 cm³/mol. The zero-order valence-electron chi connectivity index (χ0n) is 14.6. The van der Waals surface area contributed by atoms with Gasteiger partial charge in [0.2, 0.25) is 5.91 Å². The van der Waals surface area contributed by atoms with Crippen molar-refractivity contribution in [2.75, 3.05) is 6.54 Å².